The van der Waals surface area contributed by atoms with Gasteiger partial charge in [-0.25, -0.2) is 9.59 Å². The number of aromatic nitrogens is 1. The van der Waals surface area contributed by atoms with Crippen molar-refractivity contribution in [2.75, 3.05) is 26.7 Å². The lowest BCUT2D eigenvalue weighted by Gasteiger charge is -2.27. The van der Waals surface area contributed by atoms with Crippen LogP contribution >= 0.6 is 0 Å². The first-order valence-corrected chi connectivity index (χ1v) is 14.0. The van der Waals surface area contributed by atoms with Gasteiger partial charge in [0.25, 0.3) is 0 Å². The smallest absolute Gasteiger partial charge is 0.420 e. The zero-order valence-electron chi connectivity index (χ0n) is 23.0. The van der Waals surface area contributed by atoms with Crippen LogP contribution in [0, 0.1) is 0 Å². The standard InChI is InChI=1S/C32H33N3O6/c1-40-29(37)22-9-7-21(8-10-22)19-35-27-18-24(11-12-28(27)41-31(35)39)32(13-14-32)30(38)33-26(20-34-15-2-3-16-34)23-5-4-6-25(36)17-23/h4-12,17-18,26,36H,2-3,13-16,19-20H2,1H3,(H,33,38). The van der Waals surface area contributed by atoms with Gasteiger partial charge in [-0.2, -0.15) is 0 Å². The number of hydrogen-bond acceptors (Lipinski definition) is 7. The molecule has 1 aromatic heterocycles. The Kier molecular flexibility index (Phi) is 7.13. The number of carbonyl (C=O) groups is 2. The number of methoxy groups -OCH3 is 1. The second-order valence-corrected chi connectivity index (χ2v) is 11.0. The van der Waals surface area contributed by atoms with E-state index >= 15 is 0 Å². The SMILES string of the molecule is COC(=O)c1ccc(Cn2c(=O)oc3ccc(C4(C(=O)NC(CN5CCCC5)c5cccc(O)c5)CC4)cc32)cc1. The molecule has 9 nitrogen and oxygen atoms in total. The van der Waals surface area contributed by atoms with Gasteiger partial charge in [-0.3, -0.25) is 9.36 Å². The van der Waals surface area contributed by atoms with Crippen LogP contribution < -0.4 is 11.1 Å². The van der Waals surface area contributed by atoms with Crippen molar-refractivity contribution < 1.29 is 23.8 Å². The fraction of sp³-hybridized carbons (Fsp3) is 0.344. The predicted octanol–water partition coefficient (Wildman–Crippen LogP) is 4.12. The molecule has 2 heterocycles. The van der Waals surface area contributed by atoms with Crippen molar-refractivity contribution in [2.24, 2.45) is 0 Å². The molecule has 1 unspecified atom stereocenters. The molecule has 1 saturated heterocycles. The van der Waals surface area contributed by atoms with Crippen LogP contribution in [-0.4, -0.2) is 53.2 Å². The van der Waals surface area contributed by atoms with E-state index in [1.165, 1.54) is 7.11 Å². The first-order chi connectivity index (χ1) is 19.9. The van der Waals surface area contributed by atoms with E-state index in [0.29, 0.717) is 36.0 Å². The van der Waals surface area contributed by atoms with Crippen molar-refractivity contribution in [1.29, 1.82) is 0 Å². The third-order valence-electron chi connectivity index (χ3n) is 8.34. The lowest BCUT2D eigenvalue weighted by atomic mass is 9.93. The van der Waals surface area contributed by atoms with Crippen LogP contribution in [0.25, 0.3) is 11.1 Å². The van der Waals surface area contributed by atoms with Crippen molar-refractivity contribution in [2.45, 2.75) is 43.7 Å². The Bertz CT molecular complexity index is 1640. The number of benzene rings is 3. The molecule has 212 valence electrons. The summed E-state index contributed by atoms with van der Waals surface area (Å²) in [6, 6.07) is 19.2. The molecule has 2 fully saturated rings. The van der Waals surface area contributed by atoms with Gasteiger partial charge in [0.1, 0.15) is 5.75 Å². The van der Waals surface area contributed by atoms with Gasteiger partial charge in [0, 0.05) is 6.54 Å². The van der Waals surface area contributed by atoms with Crippen LogP contribution in [0.1, 0.15) is 58.8 Å². The number of rotatable bonds is 9. The largest absolute Gasteiger partial charge is 0.508 e. The number of nitrogens with zero attached hydrogens (tertiary/aromatic N) is 2. The van der Waals surface area contributed by atoms with Crippen molar-refractivity contribution in [3.63, 3.8) is 0 Å². The number of ether oxygens (including phenoxy) is 1. The molecule has 1 amide bonds. The number of phenols is 1. The molecule has 4 aromatic rings. The Morgan fingerprint density at radius 2 is 1.80 bits per heavy atom. The quantitative estimate of drug-likeness (QED) is 0.299. The molecule has 1 aliphatic heterocycles. The molecule has 41 heavy (non-hydrogen) atoms. The Labute approximate surface area is 237 Å². The summed E-state index contributed by atoms with van der Waals surface area (Å²) >= 11 is 0. The summed E-state index contributed by atoms with van der Waals surface area (Å²) in [5, 5.41) is 13.4. The minimum Gasteiger partial charge on any atom is -0.508 e. The van der Waals surface area contributed by atoms with E-state index in [2.05, 4.69) is 10.2 Å². The topological polar surface area (TPSA) is 114 Å². The minimum absolute atomic E-state index is 0.0554. The maximum atomic E-state index is 13.9. The van der Waals surface area contributed by atoms with Crippen LogP contribution in [0.4, 0.5) is 0 Å². The number of hydrogen-bond donors (Lipinski definition) is 2. The molecule has 1 atom stereocenters. The highest BCUT2D eigenvalue weighted by Gasteiger charge is 2.52. The molecule has 2 aliphatic rings. The number of phenolic OH excluding ortho intramolecular Hbond substituents is 1. The van der Waals surface area contributed by atoms with Crippen molar-refractivity contribution in [3.05, 3.63) is 99.5 Å². The maximum absolute atomic E-state index is 13.9. The number of esters is 1. The minimum atomic E-state index is -0.686. The molecule has 1 aliphatic carbocycles. The van der Waals surface area contributed by atoms with Crippen molar-refractivity contribution >= 4 is 23.0 Å². The Morgan fingerprint density at radius 1 is 1.05 bits per heavy atom. The number of fused-ring (bicyclic) bond motifs is 1. The lowest BCUT2D eigenvalue weighted by Crippen LogP contribution is -2.41. The van der Waals surface area contributed by atoms with Crippen molar-refractivity contribution in [3.8, 4) is 5.75 Å². The summed E-state index contributed by atoms with van der Waals surface area (Å²) < 4.78 is 11.8. The number of likely N-dealkylation sites (tertiary alicyclic amines) is 1. The number of carbonyl (C=O) groups excluding carboxylic acids is 2. The van der Waals surface area contributed by atoms with E-state index in [0.717, 1.165) is 42.6 Å². The summed E-state index contributed by atoms with van der Waals surface area (Å²) in [6.45, 7) is 2.93. The van der Waals surface area contributed by atoms with Crippen LogP contribution in [0.2, 0.25) is 0 Å². The van der Waals surface area contributed by atoms with Crippen LogP contribution in [0.5, 0.6) is 5.75 Å². The van der Waals surface area contributed by atoms with E-state index in [4.69, 9.17) is 9.15 Å². The normalized spacial score (nSPS) is 16.9. The predicted molar refractivity (Wildman–Crippen MR) is 153 cm³/mol. The second-order valence-electron chi connectivity index (χ2n) is 11.0. The number of aromatic hydroxyl groups is 1. The molecule has 3 aromatic carbocycles. The summed E-state index contributed by atoms with van der Waals surface area (Å²) in [4.78, 5) is 40.8. The van der Waals surface area contributed by atoms with Gasteiger partial charge in [0.2, 0.25) is 5.91 Å². The number of oxazole rings is 1. The molecular weight excluding hydrogens is 522 g/mol. The highest BCUT2D eigenvalue weighted by atomic mass is 16.5. The first-order valence-electron chi connectivity index (χ1n) is 14.0. The summed E-state index contributed by atoms with van der Waals surface area (Å²) in [6.07, 6.45) is 3.70. The van der Waals surface area contributed by atoms with E-state index < -0.39 is 17.1 Å². The van der Waals surface area contributed by atoms with Gasteiger partial charge in [0.15, 0.2) is 5.58 Å². The Balaban J connectivity index is 1.26. The molecule has 6 rings (SSSR count). The van der Waals surface area contributed by atoms with E-state index in [-0.39, 0.29) is 24.2 Å². The van der Waals surface area contributed by atoms with E-state index in [1.54, 1.807) is 53.1 Å². The third kappa shape index (κ3) is 5.37. The summed E-state index contributed by atoms with van der Waals surface area (Å²) in [5.41, 5.74) is 3.35. The van der Waals surface area contributed by atoms with Gasteiger partial charge < -0.3 is 24.5 Å². The number of amides is 1. The highest BCUT2D eigenvalue weighted by molar-refractivity contribution is 5.93. The van der Waals surface area contributed by atoms with Crippen LogP contribution in [-0.2, 0) is 21.5 Å². The second kappa shape index (κ2) is 10.9. The fourth-order valence-electron chi connectivity index (χ4n) is 5.82. The van der Waals surface area contributed by atoms with Crippen molar-refractivity contribution in [1.82, 2.24) is 14.8 Å². The lowest BCUT2D eigenvalue weighted by molar-refractivity contribution is -0.124. The molecule has 1 saturated carbocycles. The van der Waals surface area contributed by atoms with Gasteiger partial charge in [-0.1, -0.05) is 30.3 Å². The average molecular weight is 556 g/mol. The van der Waals surface area contributed by atoms with E-state index in [1.807, 2.05) is 18.2 Å². The number of nitrogens with one attached hydrogen (secondary N) is 1. The molecule has 0 spiro atoms. The summed E-state index contributed by atoms with van der Waals surface area (Å²) in [7, 11) is 1.33. The highest BCUT2D eigenvalue weighted by Crippen LogP contribution is 2.49. The average Bonchev–Trinajstić information content (AvgIpc) is 3.53. The van der Waals surface area contributed by atoms with Gasteiger partial charge in [0.05, 0.1) is 36.2 Å². The maximum Gasteiger partial charge on any atom is 0.420 e. The van der Waals surface area contributed by atoms with Crippen LogP contribution in [0.15, 0.2) is 75.9 Å². The third-order valence-corrected chi connectivity index (χ3v) is 8.34. The van der Waals surface area contributed by atoms with Crippen LogP contribution in [0.3, 0.4) is 0 Å². The Morgan fingerprint density at radius 3 is 2.49 bits per heavy atom. The fourth-order valence-corrected chi connectivity index (χ4v) is 5.82. The van der Waals surface area contributed by atoms with Gasteiger partial charge in [-0.05, 0) is 91.9 Å². The molecular formula is C32H33N3O6. The first kappa shape index (κ1) is 26.8. The van der Waals surface area contributed by atoms with Gasteiger partial charge >= 0.3 is 11.7 Å². The summed E-state index contributed by atoms with van der Waals surface area (Å²) in [5.74, 6) is -0.794. The monoisotopic (exact) mass is 555 g/mol. The molecule has 0 bridgehead atoms. The zero-order chi connectivity index (χ0) is 28.6. The van der Waals surface area contributed by atoms with E-state index in [9.17, 15) is 19.5 Å². The Hall–Kier alpha value is -4.37. The molecule has 0 radical (unpaired) electrons. The molecule has 9 heteroatoms. The molecule has 2 N–H and O–H groups in total. The van der Waals surface area contributed by atoms with Gasteiger partial charge in [-0.15, -0.1) is 0 Å². The zero-order valence-corrected chi connectivity index (χ0v) is 23.0.